The number of nitrogens with one attached hydrogen (secondary N) is 3. The molecule has 2 rings (SSSR count). The predicted octanol–water partition coefficient (Wildman–Crippen LogP) is 1.47. The van der Waals surface area contributed by atoms with Crippen LogP contribution in [0.2, 0.25) is 0 Å². The summed E-state index contributed by atoms with van der Waals surface area (Å²) in [6.07, 6.45) is 3.69. The molecule has 0 saturated carbocycles. The minimum absolute atomic E-state index is 0.0974. The van der Waals surface area contributed by atoms with Crippen LogP contribution in [-0.2, 0) is 0 Å². The van der Waals surface area contributed by atoms with Gasteiger partial charge < -0.3 is 20.9 Å². The number of urea groups is 1. The van der Waals surface area contributed by atoms with E-state index in [0.717, 1.165) is 37.4 Å². The van der Waals surface area contributed by atoms with Crippen molar-refractivity contribution in [2.45, 2.75) is 25.8 Å². The predicted molar refractivity (Wildman–Crippen MR) is 88.8 cm³/mol. The van der Waals surface area contributed by atoms with Crippen molar-refractivity contribution in [3.63, 3.8) is 0 Å². The van der Waals surface area contributed by atoms with Crippen LogP contribution in [0, 0.1) is 0 Å². The zero-order chi connectivity index (χ0) is 15.8. The molecular weight excluding hydrogens is 278 g/mol. The van der Waals surface area contributed by atoms with Gasteiger partial charge in [0, 0.05) is 44.1 Å². The highest BCUT2D eigenvalue weighted by molar-refractivity contribution is 5.74. The first-order valence-corrected chi connectivity index (χ1v) is 7.75. The number of rotatable bonds is 6. The Hall–Kier alpha value is -2.24. The second kappa shape index (κ2) is 8.26. The van der Waals surface area contributed by atoms with E-state index < -0.39 is 0 Å². The molecule has 1 aliphatic heterocycles. The molecule has 1 fully saturated rings. The first kappa shape index (κ1) is 16.1. The van der Waals surface area contributed by atoms with E-state index in [-0.39, 0.29) is 12.1 Å². The molecule has 0 atom stereocenters. The van der Waals surface area contributed by atoms with Crippen molar-refractivity contribution >= 4 is 11.8 Å². The molecule has 0 bridgehead atoms. The lowest BCUT2D eigenvalue weighted by atomic mass is 10.1. The molecule has 120 valence electrons. The van der Waals surface area contributed by atoms with Gasteiger partial charge in [-0.2, -0.15) is 0 Å². The van der Waals surface area contributed by atoms with E-state index in [4.69, 9.17) is 0 Å². The van der Waals surface area contributed by atoms with E-state index in [1.165, 1.54) is 0 Å². The van der Waals surface area contributed by atoms with Gasteiger partial charge in [-0.3, -0.25) is 0 Å². The summed E-state index contributed by atoms with van der Waals surface area (Å²) < 4.78 is 0. The first-order valence-electron chi connectivity index (χ1n) is 7.75. The van der Waals surface area contributed by atoms with Crippen LogP contribution in [0.15, 0.2) is 36.7 Å². The van der Waals surface area contributed by atoms with E-state index in [0.29, 0.717) is 13.1 Å². The van der Waals surface area contributed by atoms with E-state index in [9.17, 15) is 4.79 Å². The smallest absolute Gasteiger partial charge is 0.315 e. The van der Waals surface area contributed by atoms with Crippen LogP contribution in [0.5, 0.6) is 0 Å². The second-order valence-electron chi connectivity index (χ2n) is 5.56. The Kier molecular flexibility index (Phi) is 6.06. The molecule has 1 aliphatic rings. The molecule has 1 aromatic rings. The van der Waals surface area contributed by atoms with Crippen molar-refractivity contribution in [1.29, 1.82) is 0 Å². The maximum atomic E-state index is 11.8. The third-order valence-electron chi connectivity index (χ3n) is 3.64. The zero-order valence-electron chi connectivity index (χ0n) is 13.1. The third kappa shape index (κ3) is 5.27. The number of hydrogen-bond donors (Lipinski definition) is 3. The zero-order valence-corrected chi connectivity index (χ0v) is 13.1. The number of anilines is 1. The van der Waals surface area contributed by atoms with Gasteiger partial charge in [0.15, 0.2) is 0 Å². The molecule has 6 heteroatoms. The Bertz CT molecular complexity index is 483. The lowest BCUT2D eigenvalue weighted by Gasteiger charge is -2.33. The SMILES string of the molecule is C=C(C)NCCNC(=O)NC1CCN(c2ccccn2)CC1. The second-order valence-corrected chi connectivity index (χ2v) is 5.56. The molecule has 2 amide bonds. The van der Waals surface area contributed by atoms with Gasteiger partial charge in [0.2, 0.25) is 0 Å². The van der Waals surface area contributed by atoms with E-state index >= 15 is 0 Å². The quantitative estimate of drug-likeness (QED) is 0.696. The van der Waals surface area contributed by atoms with Gasteiger partial charge in [-0.05, 0) is 31.9 Å². The number of pyridine rings is 1. The molecule has 0 radical (unpaired) electrons. The lowest BCUT2D eigenvalue weighted by molar-refractivity contribution is 0.234. The van der Waals surface area contributed by atoms with E-state index in [1.807, 2.05) is 31.3 Å². The van der Waals surface area contributed by atoms with E-state index in [2.05, 4.69) is 32.4 Å². The molecular formula is C16H25N5O. The first-order chi connectivity index (χ1) is 10.6. The minimum Gasteiger partial charge on any atom is -0.387 e. The molecule has 22 heavy (non-hydrogen) atoms. The molecule has 6 nitrogen and oxygen atoms in total. The van der Waals surface area contributed by atoms with Gasteiger partial charge in [-0.25, -0.2) is 9.78 Å². The average Bonchev–Trinajstić information content (AvgIpc) is 2.53. The summed E-state index contributed by atoms with van der Waals surface area (Å²) in [5.41, 5.74) is 0.907. The van der Waals surface area contributed by atoms with Crippen LogP contribution >= 0.6 is 0 Å². The van der Waals surface area contributed by atoms with Crippen molar-refractivity contribution in [3.8, 4) is 0 Å². The molecule has 0 unspecified atom stereocenters. The van der Waals surface area contributed by atoms with Crippen molar-refractivity contribution in [1.82, 2.24) is 20.9 Å². The highest BCUT2D eigenvalue weighted by Crippen LogP contribution is 2.16. The molecule has 0 spiro atoms. The van der Waals surface area contributed by atoms with Crippen molar-refractivity contribution in [2.75, 3.05) is 31.1 Å². The van der Waals surface area contributed by atoms with Gasteiger partial charge in [0.1, 0.15) is 5.82 Å². The highest BCUT2D eigenvalue weighted by atomic mass is 16.2. The van der Waals surface area contributed by atoms with Crippen molar-refractivity contribution in [2.24, 2.45) is 0 Å². The van der Waals surface area contributed by atoms with Crippen LogP contribution in [-0.4, -0.2) is 43.2 Å². The molecule has 0 aromatic carbocycles. The Balaban J connectivity index is 1.64. The van der Waals surface area contributed by atoms with Crippen LogP contribution < -0.4 is 20.9 Å². The number of allylic oxidation sites excluding steroid dienone is 1. The number of nitrogens with zero attached hydrogens (tertiary/aromatic N) is 2. The van der Waals surface area contributed by atoms with Crippen molar-refractivity contribution in [3.05, 3.63) is 36.7 Å². The molecule has 1 saturated heterocycles. The van der Waals surface area contributed by atoms with Crippen LogP contribution in [0.3, 0.4) is 0 Å². The van der Waals surface area contributed by atoms with Crippen LogP contribution in [0.25, 0.3) is 0 Å². The van der Waals surface area contributed by atoms with Crippen molar-refractivity contribution < 1.29 is 4.79 Å². The number of amides is 2. The Morgan fingerprint density at radius 3 is 2.68 bits per heavy atom. The maximum absolute atomic E-state index is 11.8. The van der Waals surface area contributed by atoms with Gasteiger partial charge in [-0.1, -0.05) is 12.6 Å². The number of carbonyl (C=O) groups excluding carboxylic acids is 1. The minimum atomic E-state index is -0.0974. The van der Waals surface area contributed by atoms with Crippen LogP contribution in [0.4, 0.5) is 10.6 Å². The number of aromatic nitrogens is 1. The van der Waals surface area contributed by atoms with Gasteiger partial charge in [-0.15, -0.1) is 0 Å². The summed E-state index contributed by atoms with van der Waals surface area (Å²) in [6.45, 7) is 8.76. The standard InChI is InChI=1S/C16H25N5O/c1-13(2)17-9-10-19-16(22)20-14-6-11-21(12-7-14)15-5-3-4-8-18-15/h3-5,8,14,17H,1,6-7,9-12H2,2H3,(H2,19,20,22). The molecule has 0 aliphatic carbocycles. The number of piperidine rings is 1. The lowest BCUT2D eigenvalue weighted by Crippen LogP contribution is -2.48. The maximum Gasteiger partial charge on any atom is 0.315 e. The number of carbonyl (C=O) groups is 1. The van der Waals surface area contributed by atoms with Gasteiger partial charge >= 0.3 is 6.03 Å². The van der Waals surface area contributed by atoms with Crippen LogP contribution in [0.1, 0.15) is 19.8 Å². The Morgan fingerprint density at radius 2 is 2.05 bits per heavy atom. The largest absolute Gasteiger partial charge is 0.387 e. The molecule has 1 aromatic heterocycles. The number of hydrogen-bond acceptors (Lipinski definition) is 4. The summed E-state index contributed by atoms with van der Waals surface area (Å²) in [7, 11) is 0. The van der Waals surface area contributed by atoms with Gasteiger partial charge in [0.05, 0.1) is 0 Å². The molecule has 2 heterocycles. The van der Waals surface area contributed by atoms with E-state index in [1.54, 1.807) is 0 Å². The summed E-state index contributed by atoms with van der Waals surface area (Å²) in [4.78, 5) is 18.4. The Morgan fingerprint density at radius 1 is 1.32 bits per heavy atom. The Labute approximate surface area is 132 Å². The normalized spacial score (nSPS) is 15.2. The van der Waals surface area contributed by atoms with Gasteiger partial charge in [0.25, 0.3) is 0 Å². The summed E-state index contributed by atoms with van der Waals surface area (Å²) >= 11 is 0. The fourth-order valence-corrected chi connectivity index (χ4v) is 2.48. The fraction of sp³-hybridized carbons (Fsp3) is 0.500. The third-order valence-corrected chi connectivity index (χ3v) is 3.64. The fourth-order valence-electron chi connectivity index (χ4n) is 2.48. The summed E-state index contributed by atoms with van der Waals surface area (Å²) in [5, 5.41) is 8.96. The summed E-state index contributed by atoms with van der Waals surface area (Å²) in [6, 6.07) is 6.08. The highest BCUT2D eigenvalue weighted by Gasteiger charge is 2.21. The summed E-state index contributed by atoms with van der Waals surface area (Å²) in [5.74, 6) is 1.01. The average molecular weight is 303 g/mol. The molecule has 3 N–H and O–H groups in total. The monoisotopic (exact) mass is 303 g/mol. The topological polar surface area (TPSA) is 69.3 Å².